The van der Waals surface area contributed by atoms with Crippen LogP contribution in [0.2, 0.25) is 10.0 Å². The highest BCUT2D eigenvalue weighted by molar-refractivity contribution is 6.34. The molecule has 0 radical (unpaired) electrons. The molecule has 0 bridgehead atoms. The van der Waals surface area contributed by atoms with Crippen LogP contribution in [0.3, 0.4) is 0 Å². The minimum absolute atomic E-state index is 0.0181. The van der Waals surface area contributed by atoms with Gasteiger partial charge in [0.25, 0.3) is 5.91 Å². The number of hydrogen-bond acceptors (Lipinski definition) is 5. The van der Waals surface area contributed by atoms with E-state index in [-0.39, 0.29) is 16.0 Å². The Morgan fingerprint density at radius 3 is 2.51 bits per heavy atom. The van der Waals surface area contributed by atoms with Crippen molar-refractivity contribution in [2.75, 3.05) is 43.2 Å². The Hall–Kier alpha value is -3.20. The number of halogens is 3. The van der Waals surface area contributed by atoms with E-state index >= 15 is 0 Å². The fourth-order valence-electron chi connectivity index (χ4n) is 4.46. The number of amides is 2. The summed E-state index contributed by atoms with van der Waals surface area (Å²) in [6.45, 7) is 2.81. The van der Waals surface area contributed by atoms with Gasteiger partial charge in [0, 0.05) is 48.0 Å². The van der Waals surface area contributed by atoms with Crippen molar-refractivity contribution < 1.29 is 18.7 Å². The molecule has 0 saturated carbocycles. The number of benzene rings is 2. The van der Waals surface area contributed by atoms with Gasteiger partial charge in [-0.1, -0.05) is 29.3 Å². The summed E-state index contributed by atoms with van der Waals surface area (Å²) in [4.78, 5) is 32.9. The lowest BCUT2D eigenvalue weighted by molar-refractivity contribution is -0.127. The molecule has 180 valence electrons. The van der Waals surface area contributed by atoms with Crippen molar-refractivity contribution in [1.29, 1.82) is 0 Å². The second-order valence-electron chi connectivity index (χ2n) is 8.94. The highest BCUT2D eigenvalue weighted by Gasteiger charge is 2.50. The minimum Gasteiger partial charge on any atom is -0.380 e. The van der Waals surface area contributed by atoms with E-state index in [1.54, 1.807) is 24.4 Å². The summed E-state index contributed by atoms with van der Waals surface area (Å²) >= 11 is 12.6. The van der Waals surface area contributed by atoms with Gasteiger partial charge in [-0.15, -0.1) is 0 Å². The first kappa shape index (κ1) is 23.5. The van der Waals surface area contributed by atoms with E-state index in [0.29, 0.717) is 46.4 Å². The molecule has 0 unspecified atom stereocenters. The number of rotatable bonds is 5. The van der Waals surface area contributed by atoms with Crippen molar-refractivity contribution in [3.63, 3.8) is 0 Å². The first-order valence-corrected chi connectivity index (χ1v) is 11.6. The van der Waals surface area contributed by atoms with Gasteiger partial charge in [-0.2, -0.15) is 0 Å². The zero-order chi connectivity index (χ0) is 24.9. The predicted molar refractivity (Wildman–Crippen MR) is 133 cm³/mol. The molecule has 2 aliphatic rings. The molecule has 1 aromatic heterocycles. The molecule has 35 heavy (non-hydrogen) atoms. The highest BCUT2D eigenvalue weighted by Crippen LogP contribution is 2.44. The van der Waals surface area contributed by atoms with Crippen LogP contribution in [0.4, 0.5) is 15.9 Å². The van der Waals surface area contributed by atoms with Gasteiger partial charge in [0.2, 0.25) is 5.91 Å². The molecule has 7 nitrogen and oxygen atoms in total. The molecule has 2 aromatic carbocycles. The van der Waals surface area contributed by atoms with Crippen LogP contribution in [0.15, 0.2) is 48.7 Å². The lowest BCUT2D eigenvalue weighted by Crippen LogP contribution is -2.66. The fraction of sp³-hybridized carbons (Fsp3) is 0.240. The normalized spacial score (nSPS) is 15.9. The monoisotopic (exact) mass is 514 g/mol. The van der Waals surface area contributed by atoms with Crippen molar-refractivity contribution in [3.05, 3.63) is 75.7 Å². The number of hydrogen-bond donors (Lipinski definition) is 1. The minimum atomic E-state index is -0.711. The number of ether oxygens (including phenoxy) is 1. The molecular formula is C25H21Cl2FN4O3. The Bertz CT molecular complexity index is 1330. The van der Waals surface area contributed by atoms with Gasteiger partial charge in [0.15, 0.2) is 5.82 Å². The first-order chi connectivity index (χ1) is 16.7. The molecule has 0 aliphatic carbocycles. The average Bonchev–Trinajstić information content (AvgIpc) is 2.76. The summed E-state index contributed by atoms with van der Waals surface area (Å²) < 4.78 is 19.9. The Balaban J connectivity index is 1.57. The number of anilines is 2. The van der Waals surface area contributed by atoms with Crippen LogP contribution in [-0.2, 0) is 4.74 Å². The zero-order valence-electron chi connectivity index (χ0n) is 18.7. The number of nitrogens with zero attached hydrogens (tertiary/aromatic N) is 3. The van der Waals surface area contributed by atoms with Crippen LogP contribution in [0, 0.1) is 11.2 Å². The molecule has 3 aromatic rings. The van der Waals surface area contributed by atoms with Crippen molar-refractivity contribution in [3.8, 4) is 11.1 Å². The van der Waals surface area contributed by atoms with E-state index in [1.165, 1.54) is 30.1 Å². The molecule has 0 atom stereocenters. The molecule has 1 spiro atoms. The van der Waals surface area contributed by atoms with E-state index in [0.717, 1.165) is 13.1 Å². The smallest absolute Gasteiger partial charge is 0.263 e. The third-order valence-electron chi connectivity index (χ3n) is 6.42. The van der Waals surface area contributed by atoms with Crippen LogP contribution in [-0.4, -0.2) is 50.1 Å². The second kappa shape index (κ2) is 8.78. The Labute approximate surface area is 211 Å². The molecule has 5 rings (SSSR count). The quantitative estimate of drug-likeness (QED) is 0.544. The van der Waals surface area contributed by atoms with Crippen molar-refractivity contribution in [2.24, 2.45) is 11.1 Å². The Kier molecular flexibility index (Phi) is 5.91. The number of carbonyl (C=O) groups is 2. The van der Waals surface area contributed by atoms with Crippen LogP contribution < -0.4 is 15.5 Å². The van der Waals surface area contributed by atoms with Crippen LogP contribution >= 0.6 is 23.2 Å². The molecule has 2 aliphatic heterocycles. The van der Waals surface area contributed by atoms with Gasteiger partial charge in [-0.25, -0.2) is 9.37 Å². The molecule has 3 heterocycles. The summed E-state index contributed by atoms with van der Waals surface area (Å²) in [5, 5.41) is 0.440. The summed E-state index contributed by atoms with van der Waals surface area (Å²) in [5.41, 5.74) is 7.52. The SMILES string of the molecule is CN(C(=O)c1c(F)cccc1Cl)c1ncc(-c2cc(C(N)=O)ccc2Cl)cc1N1CC2(COC2)C1. The maximum Gasteiger partial charge on any atom is 0.263 e. The van der Waals surface area contributed by atoms with Gasteiger partial charge >= 0.3 is 0 Å². The number of aromatic nitrogens is 1. The summed E-state index contributed by atoms with van der Waals surface area (Å²) in [6, 6.07) is 10.7. The maximum absolute atomic E-state index is 14.5. The average molecular weight is 515 g/mol. The standard InChI is InChI=1S/C25H21Cl2FN4O3/c1-31(24(34)21-18(27)3-2-4-19(21)28)23-20(32-10-25(11-32)12-35-13-25)8-15(9-30-23)16-7-14(22(29)33)5-6-17(16)26/h2-9H,10-13H2,1H3,(H2,29,33). The molecule has 2 N–H and O–H groups in total. The lowest BCUT2D eigenvalue weighted by Gasteiger charge is -2.56. The highest BCUT2D eigenvalue weighted by atomic mass is 35.5. The van der Waals surface area contributed by atoms with E-state index in [1.807, 2.05) is 6.07 Å². The third kappa shape index (κ3) is 4.11. The second-order valence-corrected chi connectivity index (χ2v) is 9.75. The molecule has 10 heteroatoms. The van der Waals surface area contributed by atoms with E-state index in [4.69, 9.17) is 33.7 Å². The zero-order valence-corrected chi connectivity index (χ0v) is 20.2. The molecular weight excluding hydrogens is 494 g/mol. The number of pyridine rings is 1. The van der Waals surface area contributed by atoms with E-state index in [9.17, 15) is 14.0 Å². The fourth-order valence-corrected chi connectivity index (χ4v) is 4.93. The maximum atomic E-state index is 14.5. The molecule has 2 fully saturated rings. The van der Waals surface area contributed by atoms with E-state index in [2.05, 4.69) is 9.88 Å². The van der Waals surface area contributed by atoms with Crippen molar-refractivity contribution in [2.45, 2.75) is 0 Å². The summed E-state index contributed by atoms with van der Waals surface area (Å²) in [6.07, 6.45) is 1.56. The summed E-state index contributed by atoms with van der Waals surface area (Å²) in [7, 11) is 1.53. The van der Waals surface area contributed by atoms with E-state index < -0.39 is 17.6 Å². The van der Waals surface area contributed by atoms with Gasteiger partial charge in [-0.3, -0.25) is 14.5 Å². The number of carbonyl (C=O) groups excluding carboxylic acids is 2. The van der Waals surface area contributed by atoms with Gasteiger partial charge in [0.05, 0.1) is 34.9 Å². The molecule has 2 saturated heterocycles. The van der Waals surface area contributed by atoms with Gasteiger partial charge in [0.1, 0.15) is 5.82 Å². The topological polar surface area (TPSA) is 88.8 Å². The van der Waals surface area contributed by atoms with Crippen LogP contribution in [0.25, 0.3) is 11.1 Å². The van der Waals surface area contributed by atoms with Crippen molar-refractivity contribution >= 4 is 46.5 Å². The third-order valence-corrected chi connectivity index (χ3v) is 7.06. The van der Waals surface area contributed by atoms with Gasteiger partial charge < -0.3 is 15.4 Å². The van der Waals surface area contributed by atoms with Crippen molar-refractivity contribution in [1.82, 2.24) is 4.98 Å². The summed E-state index contributed by atoms with van der Waals surface area (Å²) in [5.74, 6) is -1.56. The number of primary amides is 1. The van der Waals surface area contributed by atoms with Gasteiger partial charge in [-0.05, 0) is 36.4 Å². The number of nitrogens with two attached hydrogens (primary N) is 1. The van der Waals surface area contributed by atoms with Crippen LogP contribution in [0.1, 0.15) is 20.7 Å². The largest absolute Gasteiger partial charge is 0.380 e. The lowest BCUT2D eigenvalue weighted by atomic mass is 9.77. The first-order valence-electron chi connectivity index (χ1n) is 10.8. The van der Waals surface area contributed by atoms with Crippen LogP contribution in [0.5, 0.6) is 0 Å². The molecule has 2 amide bonds. The Morgan fingerprint density at radius 2 is 1.89 bits per heavy atom. The Morgan fingerprint density at radius 1 is 1.14 bits per heavy atom. The predicted octanol–water partition coefficient (Wildman–Crippen LogP) is 4.41.